The highest BCUT2D eigenvalue weighted by Gasteiger charge is 2.21. The first-order valence-corrected chi connectivity index (χ1v) is 14.2. The van der Waals surface area contributed by atoms with Crippen molar-refractivity contribution in [2.24, 2.45) is 5.92 Å². The molecule has 0 atom stereocenters. The van der Waals surface area contributed by atoms with Crippen molar-refractivity contribution in [3.05, 3.63) is 114 Å². The van der Waals surface area contributed by atoms with Crippen LogP contribution in [0.5, 0.6) is 11.5 Å². The maximum atomic E-state index is 13.8. The lowest BCUT2D eigenvalue weighted by Crippen LogP contribution is -2.32. The topological polar surface area (TPSA) is 77.1 Å². The molecule has 1 aliphatic heterocycles. The number of carbonyl (C=O) groups excluding carboxylic acids is 2. The Morgan fingerprint density at radius 1 is 0.810 bits per heavy atom. The monoisotopic (exact) mass is 564 g/mol. The molecule has 4 aromatic carbocycles. The van der Waals surface area contributed by atoms with E-state index in [1.807, 2.05) is 72.8 Å². The zero-order valence-electron chi connectivity index (χ0n) is 24.0. The fourth-order valence-electron chi connectivity index (χ4n) is 5.02. The van der Waals surface area contributed by atoms with E-state index in [2.05, 4.69) is 17.3 Å². The number of carbonyl (C=O) groups is 2. The summed E-state index contributed by atoms with van der Waals surface area (Å²) in [6.45, 7) is 3.00. The summed E-state index contributed by atoms with van der Waals surface area (Å²) in [7, 11) is 3.46. The molecule has 42 heavy (non-hydrogen) atoms. The molecule has 7 nitrogen and oxygen atoms in total. The van der Waals surface area contributed by atoms with Crippen LogP contribution < -0.4 is 14.8 Å². The predicted octanol–water partition coefficient (Wildman–Crippen LogP) is 6.69. The Labute approximate surface area is 247 Å². The number of likely N-dealkylation sites (tertiary alicyclic amines) is 1. The number of rotatable bonds is 10. The van der Waals surface area contributed by atoms with Gasteiger partial charge in [0.2, 0.25) is 0 Å². The average molecular weight is 565 g/mol. The fraction of sp³-hybridized carbons (Fsp3) is 0.257. The molecule has 1 aliphatic rings. The van der Waals surface area contributed by atoms with Gasteiger partial charge in [0.25, 0.3) is 5.91 Å². The number of benzene rings is 4. The van der Waals surface area contributed by atoms with Crippen molar-refractivity contribution >= 4 is 17.6 Å². The van der Waals surface area contributed by atoms with Crippen molar-refractivity contribution in [3.8, 4) is 22.6 Å². The number of piperidine rings is 1. The number of ether oxygens (including phenoxy) is 3. The molecule has 0 aromatic heterocycles. The van der Waals surface area contributed by atoms with Crippen LogP contribution in [0.1, 0.15) is 39.1 Å². The summed E-state index contributed by atoms with van der Waals surface area (Å²) in [5, 5.41) is 2.95. The lowest BCUT2D eigenvalue weighted by molar-refractivity contribution is 0.0602. The normalized spacial score (nSPS) is 13.8. The van der Waals surface area contributed by atoms with Gasteiger partial charge in [0.1, 0.15) is 18.1 Å². The predicted molar refractivity (Wildman–Crippen MR) is 164 cm³/mol. The first-order valence-electron chi connectivity index (χ1n) is 14.2. The first kappa shape index (κ1) is 28.9. The van der Waals surface area contributed by atoms with Crippen LogP contribution in [0.15, 0.2) is 97.1 Å². The average Bonchev–Trinajstić information content (AvgIpc) is 3.04. The summed E-state index contributed by atoms with van der Waals surface area (Å²) in [6, 6.07) is 30.1. The molecule has 1 fully saturated rings. The summed E-state index contributed by atoms with van der Waals surface area (Å²) in [4.78, 5) is 28.8. The van der Waals surface area contributed by atoms with Crippen molar-refractivity contribution in [2.75, 3.05) is 39.2 Å². The highest BCUT2D eigenvalue weighted by molar-refractivity contribution is 6.10. The van der Waals surface area contributed by atoms with Crippen LogP contribution in [-0.4, -0.2) is 50.6 Å². The molecule has 0 bridgehead atoms. The maximum absolute atomic E-state index is 13.8. The molecule has 1 amide bonds. The van der Waals surface area contributed by atoms with Gasteiger partial charge in [-0.05, 0) is 85.9 Å². The van der Waals surface area contributed by atoms with Crippen LogP contribution in [-0.2, 0) is 11.3 Å². The third-order valence-corrected chi connectivity index (χ3v) is 7.54. The van der Waals surface area contributed by atoms with Gasteiger partial charge in [-0.3, -0.25) is 4.79 Å². The van der Waals surface area contributed by atoms with E-state index in [9.17, 15) is 9.59 Å². The minimum Gasteiger partial charge on any atom is -0.493 e. The largest absolute Gasteiger partial charge is 0.493 e. The van der Waals surface area contributed by atoms with Gasteiger partial charge in [-0.2, -0.15) is 0 Å². The van der Waals surface area contributed by atoms with Gasteiger partial charge in [0, 0.05) is 0 Å². The summed E-state index contributed by atoms with van der Waals surface area (Å²) < 4.78 is 17.3. The van der Waals surface area contributed by atoms with Gasteiger partial charge in [0.15, 0.2) is 0 Å². The smallest absolute Gasteiger partial charge is 0.339 e. The van der Waals surface area contributed by atoms with Crippen molar-refractivity contribution in [1.82, 2.24) is 4.90 Å². The van der Waals surface area contributed by atoms with Crippen LogP contribution in [0.4, 0.5) is 5.69 Å². The van der Waals surface area contributed by atoms with Gasteiger partial charge < -0.3 is 24.4 Å². The molecule has 7 heteroatoms. The van der Waals surface area contributed by atoms with Crippen molar-refractivity contribution < 1.29 is 23.8 Å². The zero-order valence-corrected chi connectivity index (χ0v) is 24.0. The summed E-state index contributed by atoms with van der Waals surface area (Å²) in [5.74, 6) is 0.522. The van der Waals surface area contributed by atoms with Crippen LogP contribution in [0.3, 0.4) is 0 Å². The summed E-state index contributed by atoms with van der Waals surface area (Å²) in [6.07, 6.45) is 2.16. The minimum atomic E-state index is -0.541. The number of anilines is 1. The van der Waals surface area contributed by atoms with Crippen molar-refractivity contribution in [3.63, 3.8) is 0 Å². The zero-order chi connectivity index (χ0) is 29.3. The molecule has 0 spiro atoms. The highest BCUT2D eigenvalue weighted by atomic mass is 16.5. The Kier molecular flexibility index (Phi) is 9.51. The Hall–Kier alpha value is -4.62. The number of esters is 1. The molecule has 1 heterocycles. The Balaban J connectivity index is 1.42. The molecule has 1 saturated heterocycles. The molecule has 1 N–H and O–H groups in total. The summed E-state index contributed by atoms with van der Waals surface area (Å²) in [5.41, 5.74) is 3.71. The van der Waals surface area contributed by atoms with Crippen molar-refractivity contribution in [2.45, 2.75) is 19.4 Å². The van der Waals surface area contributed by atoms with E-state index in [-0.39, 0.29) is 5.56 Å². The third kappa shape index (κ3) is 7.36. The van der Waals surface area contributed by atoms with Gasteiger partial charge in [-0.25, -0.2) is 4.79 Å². The lowest BCUT2D eigenvalue weighted by Gasteiger charge is -2.28. The Morgan fingerprint density at radius 3 is 2.24 bits per heavy atom. The number of methoxy groups -OCH3 is 1. The third-order valence-electron chi connectivity index (χ3n) is 7.54. The first-order chi connectivity index (χ1) is 20.5. The van der Waals surface area contributed by atoms with Crippen LogP contribution in [0.25, 0.3) is 11.1 Å². The number of nitrogens with one attached hydrogen (secondary N) is 1. The molecule has 216 valence electrons. The Bertz CT molecular complexity index is 1500. The minimum absolute atomic E-state index is 0.256. The lowest BCUT2D eigenvalue weighted by atomic mass is 9.98. The quantitative estimate of drug-likeness (QED) is 0.216. The van der Waals surface area contributed by atoms with Crippen LogP contribution in [0, 0.1) is 5.92 Å². The fourth-order valence-corrected chi connectivity index (χ4v) is 5.02. The molecule has 5 rings (SSSR count). The van der Waals surface area contributed by atoms with E-state index in [4.69, 9.17) is 14.2 Å². The molecule has 4 aromatic rings. The van der Waals surface area contributed by atoms with Crippen molar-refractivity contribution in [1.29, 1.82) is 0 Å². The second-order valence-corrected chi connectivity index (χ2v) is 10.6. The van der Waals surface area contributed by atoms with Crippen LogP contribution >= 0.6 is 0 Å². The van der Waals surface area contributed by atoms with Crippen LogP contribution in [0.2, 0.25) is 0 Å². The van der Waals surface area contributed by atoms with E-state index in [1.54, 1.807) is 24.3 Å². The Morgan fingerprint density at radius 2 is 1.52 bits per heavy atom. The van der Waals surface area contributed by atoms with Gasteiger partial charge in [-0.1, -0.05) is 66.7 Å². The van der Waals surface area contributed by atoms with Gasteiger partial charge in [-0.15, -0.1) is 0 Å². The maximum Gasteiger partial charge on any atom is 0.339 e. The summed E-state index contributed by atoms with van der Waals surface area (Å²) >= 11 is 0. The van der Waals surface area contributed by atoms with E-state index < -0.39 is 11.9 Å². The SMILES string of the molecule is COC(=O)c1ccc(-c2ccccc2)cc1NC(=O)c1cc(OCC2CCN(C)CC2)ccc1OCc1ccccc1. The van der Waals surface area contributed by atoms with Gasteiger partial charge >= 0.3 is 5.97 Å². The molecule has 0 radical (unpaired) electrons. The second-order valence-electron chi connectivity index (χ2n) is 10.6. The molecule has 0 unspecified atom stereocenters. The highest BCUT2D eigenvalue weighted by Crippen LogP contribution is 2.30. The standard InChI is InChI=1S/C35H36N2O5/c1-37-19-17-26(18-20-37)23-41-29-14-16-33(42-24-25-9-5-3-6-10-25)31(22-29)34(38)36-32-21-28(27-11-7-4-8-12-27)13-15-30(32)35(39)40-2/h3-16,21-22,26H,17-20,23-24H2,1-2H3,(H,36,38). The van der Waals surface area contributed by atoms with E-state index in [0.717, 1.165) is 42.6 Å². The number of hydrogen-bond donors (Lipinski definition) is 1. The van der Waals surface area contributed by atoms with E-state index >= 15 is 0 Å². The number of nitrogens with zero attached hydrogens (tertiary/aromatic N) is 1. The second kappa shape index (κ2) is 13.8. The number of amides is 1. The molecular weight excluding hydrogens is 528 g/mol. The molecular formula is C35H36N2O5. The number of hydrogen-bond acceptors (Lipinski definition) is 6. The molecule has 0 saturated carbocycles. The van der Waals surface area contributed by atoms with E-state index in [0.29, 0.717) is 41.9 Å². The van der Waals surface area contributed by atoms with E-state index in [1.165, 1.54) is 7.11 Å². The van der Waals surface area contributed by atoms with Gasteiger partial charge in [0.05, 0.1) is 30.5 Å². The molecule has 0 aliphatic carbocycles.